The first kappa shape index (κ1) is 14.5. The summed E-state index contributed by atoms with van der Waals surface area (Å²) in [7, 11) is 0. The molecular formula is C17H26FN. The minimum Gasteiger partial charge on any atom is -0.316 e. The van der Waals surface area contributed by atoms with Crippen LogP contribution in [0.15, 0.2) is 24.3 Å². The van der Waals surface area contributed by atoms with Crippen molar-refractivity contribution < 1.29 is 4.39 Å². The maximum absolute atomic E-state index is 14.0. The molecule has 1 aromatic carbocycles. The van der Waals surface area contributed by atoms with Crippen LogP contribution in [-0.2, 0) is 0 Å². The van der Waals surface area contributed by atoms with Crippen LogP contribution in [-0.4, -0.2) is 13.1 Å². The molecule has 19 heavy (non-hydrogen) atoms. The van der Waals surface area contributed by atoms with Crippen molar-refractivity contribution in [2.75, 3.05) is 13.1 Å². The molecule has 0 heterocycles. The zero-order chi connectivity index (χ0) is 13.5. The van der Waals surface area contributed by atoms with Gasteiger partial charge in [0.15, 0.2) is 0 Å². The van der Waals surface area contributed by atoms with Gasteiger partial charge < -0.3 is 5.32 Å². The number of hydrogen-bond acceptors (Lipinski definition) is 1. The van der Waals surface area contributed by atoms with E-state index in [0.29, 0.717) is 5.92 Å². The van der Waals surface area contributed by atoms with Crippen LogP contribution in [0.1, 0.15) is 56.9 Å². The van der Waals surface area contributed by atoms with E-state index in [0.717, 1.165) is 37.4 Å². The van der Waals surface area contributed by atoms with Gasteiger partial charge >= 0.3 is 0 Å². The summed E-state index contributed by atoms with van der Waals surface area (Å²) in [6.07, 6.45) is 7.65. The second-order valence-corrected chi connectivity index (χ2v) is 5.81. The Hall–Kier alpha value is -0.890. The van der Waals surface area contributed by atoms with E-state index < -0.39 is 0 Å². The van der Waals surface area contributed by atoms with Crippen molar-refractivity contribution in [1.82, 2.24) is 5.32 Å². The lowest BCUT2D eigenvalue weighted by Gasteiger charge is -2.22. The van der Waals surface area contributed by atoms with E-state index in [2.05, 4.69) is 12.2 Å². The fraction of sp³-hybridized carbons (Fsp3) is 0.647. The highest BCUT2D eigenvalue weighted by atomic mass is 19.1. The molecule has 0 radical (unpaired) electrons. The Balaban J connectivity index is 2.02. The lowest BCUT2D eigenvalue weighted by molar-refractivity contribution is 0.417. The molecular weight excluding hydrogens is 237 g/mol. The summed E-state index contributed by atoms with van der Waals surface area (Å²) in [6.45, 7) is 4.10. The van der Waals surface area contributed by atoms with E-state index in [9.17, 15) is 4.39 Å². The quantitative estimate of drug-likeness (QED) is 0.715. The average Bonchev–Trinajstić information content (AvgIpc) is 2.91. The van der Waals surface area contributed by atoms with Gasteiger partial charge in [-0.2, -0.15) is 0 Å². The predicted molar refractivity (Wildman–Crippen MR) is 78.9 cm³/mol. The largest absolute Gasteiger partial charge is 0.316 e. The first-order valence-corrected chi connectivity index (χ1v) is 7.76. The zero-order valence-electron chi connectivity index (χ0n) is 12.0. The van der Waals surface area contributed by atoms with Gasteiger partial charge in [-0.3, -0.25) is 0 Å². The molecule has 2 heteroatoms. The van der Waals surface area contributed by atoms with E-state index in [4.69, 9.17) is 0 Å². The third-order valence-corrected chi connectivity index (χ3v) is 4.26. The molecule has 0 bridgehead atoms. The molecule has 0 spiro atoms. The van der Waals surface area contributed by atoms with E-state index in [-0.39, 0.29) is 5.82 Å². The molecule has 0 aliphatic heterocycles. The highest BCUT2D eigenvalue weighted by Gasteiger charge is 2.22. The normalized spacial score (nSPS) is 17.8. The summed E-state index contributed by atoms with van der Waals surface area (Å²) in [6, 6.07) is 7.30. The molecule has 0 aromatic heterocycles. The van der Waals surface area contributed by atoms with Crippen LogP contribution in [0.25, 0.3) is 0 Å². The second-order valence-electron chi connectivity index (χ2n) is 5.81. The van der Waals surface area contributed by atoms with Crippen molar-refractivity contribution in [2.45, 2.75) is 51.4 Å². The molecule has 1 unspecified atom stereocenters. The average molecular weight is 263 g/mol. The van der Waals surface area contributed by atoms with Crippen molar-refractivity contribution in [1.29, 1.82) is 0 Å². The summed E-state index contributed by atoms with van der Waals surface area (Å²) in [5, 5.41) is 3.47. The molecule has 1 aliphatic rings. The van der Waals surface area contributed by atoms with Gasteiger partial charge in [-0.15, -0.1) is 0 Å². The second kappa shape index (κ2) is 7.64. The van der Waals surface area contributed by atoms with Crippen molar-refractivity contribution in [3.8, 4) is 0 Å². The van der Waals surface area contributed by atoms with E-state index in [1.54, 1.807) is 12.1 Å². The van der Waals surface area contributed by atoms with Crippen molar-refractivity contribution in [2.24, 2.45) is 5.92 Å². The minimum atomic E-state index is -0.0382. The van der Waals surface area contributed by atoms with Crippen LogP contribution >= 0.6 is 0 Å². The zero-order valence-corrected chi connectivity index (χ0v) is 12.0. The number of benzene rings is 1. The van der Waals surface area contributed by atoms with Crippen molar-refractivity contribution in [3.05, 3.63) is 35.6 Å². The van der Waals surface area contributed by atoms with Gasteiger partial charge in [0.2, 0.25) is 0 Å². The fourth-order valence-electron chi connectivity index (χ4n) is 3.23. The third-order valence-electron chi connectivity index (χ3n) is 4.26. The van der Waals surface area contributed by atoms with E-state index >= 15 is 0 Å². The predicted octanol–water partition coefficient (Wildman–Crippen LogP) is 4.49. The molecule has 2 rings (SSSR count). The van der Waals surface area contributed by atoms with E-state index in [1.807, 2.05) is 12.1 Å². The Kier molecular flexibility index (Phi) is 5.84. The molecule has 1 saturated carbocycles. The molecule has 1 aromatic rings. The number of rotatable bonds is 7. The van der Waals surface area contributed by atoms with Crippen LogP contribution in [0.2, 0.25) is 0 Å². The molecule has 1 fully saturated rings. The molecule has 0 amide bonds. The Morgan fingerprint density at radius 3 is 2.68 bits per heavy atom. The van der Waals surface area contributed by atoms with Gasteiger partial charge in [0.1, 0.15) is 5.82 Å². The summed E-state index contributed by atoms with van der Waals surface area (Å²) < 4.78 is 14.0. The molecule has 1 aliphatic carbocycles. The Morgan fingerprint density at radius 1 is 1.26 bits per heavy atom. The maximum Gasteiger partial charge on any atom is 0.126 e. The van der Waals surface area contributed by atoms with Crippen molar-refractivity contribution in [3.63, 3.8) is 0 Å². The van der Waals surface area contributed by atoms with Gasteiger partial charge in [-0.25, -0.2) is 4.39 Å². The lowest BCUT2D eigenvalue weighted by Crippen LogP contribution is -2.24. The van der Waals surface area contributed by atoms with Crippen LogP contribution in [0.4, 0.5) is 4.39 Å². The smallest absolute Gasteiger partial charge is 0.126 e. The summed E-state index contributed by atoms with van der Waals surface area (Å²) in [4.78, 5) is 0. The third kappa shape index (κ3) is 4.31. The molecule has 106 valence electrons. The fourth-order valence-corrected chi connectivity index (χ4v) is 3.23. The standard InChI is InChI=1S/C17H26FN/c1-2-11-19-13-15(12-14-7-3-4-8-14)16-9-5-6-10-17(16)18/h5-6,9-10,14-15,19H,2-4,7-8,11-13H2,1H3. The molecule has 1 N–H and O–H groups in total. The first-order valence-electron chi connectivity index (χ1n) is 7.76. The highest BCUT2D eigenvalue weighted by molar-refractivity contribution is 5.22. The number of nitrogens with one attached hydrogen (secondary N) is 1. The SMILES string of the molecule is CCCNCC(CC1CCCC1)c1ccccc1F. The Labute approximate surface area is 116 Å². The lowest BCUT2D eigenvalue weighted by atomic mass is 9.87. The maximum atomic E-state index is 14.0. The van der Waals surface area contributed by atoms with Crippen LogP contribution in [0, 0.1) is 11.7 Å². The monoisotopic (exact) mass is 263 g/mol. The summed E-state index contributed by atoms with van der Waals surface area (Å²) in [5.41, 5.74) is 0.901. The topological polar surface area (TPSA) is 12.0 Å². The van der Waals surface area contributed by atoms with Gasteiger partial charge in [-0.1, -0.05) is 50.8 Å². The van der Waals surface area contributed by atoms with E-state index in [1.165, 1.54) is 25.7 Å². The number of hydrogen-bond donors (Lipinski definition) is 1. The molecule has 1 atom stereocenters. The molecule has 1 nitrogen and oxygen atoms in total. The van der Waals surface area contributed by atoms with Crippen molar-refractivity contribution >= 4 is 0 Å². The van der Waals surface area contributed by atoms with Gasteiger partial charge in [-0.05, 0) is 42.9 Å². The van der Waals surface area contributed by atoms with Gasteiger partial charge in [0, 0.05) is 6.54 Å². The van der Waals surface area contributed by atoms with Crippen LogP contribution in [0.5, 0.6) is 0 Å². The first-order chi connectivity index (χ1) is 9.31. The Morgan fingerprint density at radius 2 is 2.00 bits per heavy atom. The number of halogens is 1. The Bertz CT molecular complexity index is 371. The molecule has 0 saturated heterocycles. The van der Waals surface area contributed by atoms with Crippen LogP contribution in [0.3, 0.4) is 0 Å². The van der Waals surface area contributed by atoms with Gasteiger partial charge in [0.05, 0.1) is 0 Å². The minimum absolute atomic E-state index is 0.0382. The highest BCUT2D eigenvalue weighted by Crippen LogP contribution is 2.34. The summed E-state index contributed by atoms with van der Waals surface area (Å²) in [5.74, 6) is 1.09. The summed E-state index contributed by atoms with van der Waals surface area (Å²) >= 11 is 0. The van der Waals surface area contributed by atoms with Crippen LogP contribution < -0.4 is 5.32 Å². The van der Waals surface area contributed by atoms with Gasteiger partial charge in [0.25, 0.3) is 0 Å².